The average Bonchev–Trinajstić information content (AvgIpc) is 3.18. The molecule has 0 spiro atoms. The minimum atomic E-state index is -0.181. The van der Waals surface area contributed by atoms with Crippen LogP contribution in [0.2, 0.25) is 0 Å². The summed E-state index contributed by atoms with van der Waals surface area (Å²) in [6.45, 7) is 2.09. The molecule has 0 radical (unpaired) electrons. The van der Waals surface area contributed by atoms with Gasteiger partial charge in [0.05, 0.1) is 12.3 Å². The first-order valence-electron chi connectivity index (χ1n) is 9.70. The van der Waals surface area contributed by atoms with Crippen LogP contribution in [0.3, 0.4) is 0 Å². The molecule has 26 heavy (non-hydrogen) atoms. The van der Waals surface area contributed by atoms with Crippen molar-refractivity contribution >= 4 is 11.9 Å². The normalized spacial score (nSPS) is 18.3. The van der Waals surface area contributed by atoms with Gasteiger partial charge in [-0.2, -0.15) is 0 Å². The lowest BCUT2D eigenvalue weighted by Crippen LogP contribution is -2.42. The molecule has 7 nitrogen and oxygen atoms in total. The van der Waals surface area contributed by atoms with Gasteiger partial charge in [0.1, 0.15) is 6.54 Å². The number of carbonyl (C=O) groups is 1. The minimum Gasteiger partial charge on any atom is -0.378 e. The Labute approximate surface area is 154 Å². The number of rotatable bonds is 6. The number of carbonyl (C=O) groups excluding carboxylic acids is 1. The molecule has 1 saturated carbocycles. The molecule has 2 heterocycles. The number of ether oxygens (including phenoxy) is 1. The topological polar surface area (TPSA) is 67.7 Å². The number of methoxy groups -OCH3 is 1. The third-order valence-corrected chi connectivity index (χ3v) is 5.53. The van der Waals surface area contributed by atoms with E-state index in [2.05, 4.69) is 9.88 Å². The van der Waals surface area contributed by atoms with E-state index in [4.69, 9.17) is 4.74 Å². The van der Waals surface area contributed by atoms with Gasteiger partial charge in [0.15, 0.2) is 0 Å². The van der Waals surface area contributed by atoms with Crippen molar-refractivity contribution in [1.29, 1.82) is 0 Å². The summed E-state index contributed by atoms with van der Waals surface area (Å²) in [7, 11) is 3.46. The second-order valence-electron chi connectivity index (χ2n) is 7.40. The Balaban J connectivity index is 1.83. The lowest BCUT2D eigenvalue weighted by Gasteiger charge is -2.32. The van der Waals surface area contributed by atoms with Crippen molar-refractivity contribution in [2.45, 2.75) is 64.1 Å². The van der Waals surface area contributed by atoms with Crippen molar-refractivity contribution in [3.05, 3.63) is 22.1 Å². The van der Waals surface area contributed by atoms with Crippen LogP contribution in [0.4, 0.5) is 5.95 Å². The van der Waals surface area contributed by atoms with Crippen molar-refractivity contribution < 1.29 is 9.53 Å². The molecule has 1 aliphatic heterocycles. The maximum atomic E-state index is 12.8. The van der Waals surface area contributed by atoms with Crippen LogP contribution in [0.15, 0.2) is 10.9 Å². The summed E-state index contributed by atoms with van der Waals surface area (Å²) in [5.41, 5.74) is 0.433. The van der Waals surface area contributed by atoms with Crippen LogP contribution >= 0.6 is 0 Å². The molecule has 2 fully saturated rings. The van der Waals surface area contributed by atoms with Gasteiger partial charge in [-0.15, -0.1) is 0 Å². The molecule has 1 aromatic heterocycles. The highest BCUT2D eigenvalue weighted by molar-refractivity contribution is 5.76. The number of hydrogen-bond acceptors (Lipinski definition) is 5. The van der Waals surface area contributed by atoms with Gasteiger partial charge in [0, 0.05) is 39.4 Å². The Morgan fingerprint density at radius 2 is 1.92 bits per heavy atom. The zero-order chi connectivity index (χ0) is 18.5. The molecule has 144 valence electrons. The lowest BCUT2D eigenvalue weighted by molar-refractivity contribution is -0.133. The van der Waals surface area contributed by atoms with Crippen LogP contribution in [-0.2, 0) is 22.7 Å². The van der Waals surface area contributed by atoms with Crippen molar-refractivity contribution in [2.24, 2.45) is 0 Å². The quantitative estimate of drug-likeness (QED) is 0.772. The van der Waals surface area contributed by atoms with Gasteiger partial charge in [-0.25, -0.2) is 4.98 Å². The summed E-state index contributed by atoms with van der Waals surface area (Å²) < 4.78 is 6.67. The van der Waals surface area contributed by atoms with E-state index in [1.807, 2.05) is 11.9 Å². The van der Waals surface area contributed by atoms with Crippen molar-refractivity contribution in [3.63, 3.8) is 0 Å². The van der Waals surface area contributed by atoms with Gasteiger partial charge in [-0.1, -0.05) is 19.3 Å². The van der Waals surface area contributed by atoms with E-state index < -0.39 is 0 Å². The summed E-state index contributed by atoms with van der Waals surface area (Å²) in [6.07, 6.45) is 7.88. The molecule has 0 unspecified atom stereocenters. The summed E-state index contributed by atoms with van der Waals surface area (Å²) in [4.78, 5) is 34.1. The summed E-state index contributed by atoms with van der Waals surface area (Å²) in [5, 5.41) is 0. The summed E-state index contributed by atoms with van der Waals surface area (Å²) >= 11 is 0. The van der Waals surface area contributed by atoms with Gasteiger partial charge in [-0.3, -0.25) is 14.2 Å². The van der Waals surface area contributed by atoms with Crippen LogP contribution in [0.1, 0.15) is 50.6 Å². The van der Waals surface area contributed by atoms with Gasteiger partial charge in [0.2, 0.25) is 11.9 Å². The second-order valence-corrected chi connectivity index (χ2v) is 7.40. The number of hydrogen-bond donors (Lipinski definition) is 0. The van der Waals surface area contributed by atoms with Crippen LogP contribution < -0.4 is 10.5 Å². The highest BCUT2D eigenvalue weighted by Gasteiger charge is 2.25. The first-order chi connectivity index (χ1) is 12.6. The van der Waals surface area contributed by atoms with Crippen LogP contribution in [0, 0.1) is 0 Å². The van der Waals surface area contributed by atoms with Gasteiger partial charge >= 0.3 is 0 Å². The molecule has 0 aromatic carbocycles. The van der Waals surface area contributed by atoms with E-state index >= 15 is 0 Å². The van der Waals surface area contributed by atoms with Crippen LogP contribution in [-0.4, -0.2) is 53.6 Å². The van der Waals surface area contributed by atoms with Crippen molar-refractivity contribution in [2.75, 3.05) is 32.1 Å². The number of likely N-dealkylation sites (N-methyl/N-ethyl adjacent to an activating group) is 1. The standard InChI is InChI=1S/C19H30N4O3/c1-21(16-8-4-3-5-9-16)18(25)13-23-17(24)12-15(14-26-2)20-19(23)22-10-6-7-11-22/h12,16H,3-11,13-14H2,1-2H3. The average molecular weight is 362 g/mol. The molecule has 1 aromatic rings. The Bertz CT molecular complexity index is 676. The van der Waals surface area contributed by atoms with E-state index in [0.29, 0.717) is 24.3 Å². The SMILES string of the molecule is COCc1cc(=O)n(CC(=O)N(C)C2CCCCC2)c(N2CCCC2)n1. The molecule has 0 N–H and O–H groups in total. The monoisotopic (exact) mass is 362 g/mol. The predicted molar refractivity (Wildman–Crippen MR) is 100 cm³/mol. The molecule has 1 saturated heterocycles. The van der Waals surface area contributed by atoms with E-state index in [9.17, 15) is 9.59 Å². The molecule has 3 rings (SSSR count). The first kappa shape index (κ1) is 18.9. The fraction of sp³-hybridized carbons (Fsp3) is 0.737. The lowest BCUT2D eigenvalue weighted by atomic mass is 9.94. The maximum absolute atomic E-state index is 12.8. The number of anilines is 1. The van der Waals surface area contributed by atoms with Gasteiger partial charge in [0.25, 0.3) is 5.56 Å². The third kappa shape index (κ3) is 4.26. The molecular formula is C19H30N4O3. The van der Waals surface area contributed by atoms with E-state index in [1.165, 1.54) is 29.9 Å². The van der Waals surface area contributed by atoms with E-state index in [-0.39, 0.29) is 18.0 Å². The second kappa shape index (κ2) is 8.66. The first-order valence-corrected chi connectivity index (χ1v) is 9.70. The Morgan fingerprint density at radius 1 is 1.23 bits per heavy atom. The number of amides is 1. The summed E-state index contributed by atoms with van der Waals surface area (Å²) in [6, 6.07) is 1.78. The Hall–Kier alpha value is -1.89. The third-order valence-electron chi connectivity index (χ3n) is 5.53. The Kier molecular flexibility index (Phi) is 6.29. The van der Waals surface area contributed by atoms with Gasteiger partial charge < -0.3 is 14.5 Å². The fourth-order valence-electron chi connectivity index (χ4n) is 3.99. The smallest absolute Gasteiger partial charge is 0.255 e. The number of aromatic nitrogens is 2. The highest BCUT2D eigenvalue weighted by atomic mass is 16.5. The Morgan fingerprint density at radius 3 is 2.58 bits per heavy atom. The number of nitrogens with zero attached hydrogens (tertiary/aromatic N) is 4. The van der Waals surface area contributed by atoms with Crippen LogP contribution in [0.5, 0.6) is 0 Å². The molecule has 0 atom stereocenters. The fourth-order valence-corrected chi connectivity index (χ4v) is 3.99. The maximum Gasteiger partial charge on any atom is 0.255 e. The molecule has 2 aliphatic rings. The zero-order valence-electron chi connectivity index (χ0n) is 15.9. The van der Waals surface area contributed by atoms with Crippen LogP contribution in [0.25, 0.3) is 0 Å². The molecule has 0 bridgehead atoms. The van der Waals surface area contributed by atoms with E-state index in [1.54, 1.807) is 7.11 Å². The van der Waals surface area contributed by atoms with Crippen molar-refractivity contribution in [3.8, 4) is 0 Å². The molecular weight excluding hydrogens is 332 g/mol. The zero-order valence-corrected chi connectivity index (χ0v) is 15.9. The predicted octanol–water partition coefficient (Wildman–Crippen LogP) is 1.78. The largest absolute Gasteiger partial charge is 0.378 e. The minimum absolute atomic E-state index is 0.0132. The molecule has 1 amide bonds. The molecule has 7 heteroatoms. The highest BCUT2D eigenvalue weighted by Crippen LogP contribution is 2.22. The molecule has 1 aliphatic carbocycles. The van der Waals surface area contributed by atoms with E-state index in [0.717, 1.165) is 38.8 Å². The van der Waals surface area contributed by atoms with Crippen molar-refractivity contribution in [1.82, 2.24) is 14.5 Å². The van der Waals surface area contributed by atoms with Gasteiger partial charge in [-0.05, 0) is 25.7 Å². The summed E-state index contributed by atoms with van der Waals surface area (Å²) in [5.74, 6) is 0.591.